The highest BCUT2D eigenvalue weighted by molar-refractivity contribution is 5.70. The lowest BCUT2D eigenvalue weighted by Gasteiger charge is -2.54. The van der Waals surface area contributed by atoms with Crippen LogP contribution in [0.2, 0.25) is 0 Å². The van der Waals surface area contributed by atoms with Gasteiger partial charge in [-0.2, -0.15) is 0 Å². The van der Waals surface area contributed by atoms with Gasteiger partial charge >= 0.3 is 6.09 Å². The number of amides is 1. The molecular weight excluding hydrogens is 302 g/mol. The minimum Gasteiger partial charge on any atom is -0.410 e. The van der Waals surface area contributed by atoms with Gasteiger partial charge in [0.1, 0.15) is 11.6 Å². The fraction of sp³-hybridized carbons (Fsp3) is 0.368. The zero-order valence-corrected chi connectivity index (χ0v) is 13.6. The first-order valence-electron chi connectivity index (χ1n) is 8.42. The highest BCUT2D eigenvalue weighted by atomic mass is 16.6. The van der Waals surface area contributed by atoms with Crippen LogP contribution in [-0.2, 0) is 0 Å². The zero-order chi connectivity index (χ0) is 16.4. The van der Waals surface area contributed by atoms with Crippen molar-refractivity contribution in [2.75, 3.05) is 31.1 Å². The second-order valence-electron chi connectivity index (χ2n) is 6.71. The predicted molar refractivity (Wildman–Crippen MR) is 92.2 cm³/mol. The first kappa shape index (κ1) is 15.0. The van der Waals surface area contributed by atoms with Crippen LogP contribution in [0.1, 0.15) is 12.8 Å². The van der Waals surface area contributed by atoms with Gasteiger partial charge in [0.05, 0.1) is 0 Å². The molecule has 24 heavy (non-hydrogen) atoms. The van der Waals surface area contributed by atoms with Crippen molar-refractivity contribution in [3.8, 4) is 5.75 Å². The predicted octanol–water partition coefficient (Wildman–Crippen LogP) is 3.18. The first-order chi connectivity index (χ1) is 11.7. The van der Waals surface area contributed by atoms with E-state index in [1.807, 2.05) is 41.4 Å². The molecule has 5 heteroatoms. The number of hydrogen-bond acceptors (Lipinski definition) is 4. The van der Waals surface area contributed by atoms with E-state index in [-0.39, 0.29) is 6.09 Å². The maximum Gasteiger partial charge on any atom is 0.415 e. The molecule has 124 valence electrons. The third-order valence-electron chi connectivity index (χ3n) is 5.06. The molecule has 0 aliphatic carbocycles. The second kappa shape index (κ2) is 6.15. The molecule has 0 atom stereocenters. The van der Waals surface area contributed by atoms with Gasteiger partial charge < -0.3 is 14.5 Å². The molecule has 2 fully saturated rings. The fourth-order valence-corrected chi connectivity index (χ4v) is 3.60. The summed E-state index contributed by atoms with van der Waals surface area (Å²) in [5.41, 5.74) is 0.334. The largest absolute Gasteiger partial charge is 0.415 e. The number of hydrogen-bond donors (Lipinski definition) is 0. The number of piperidine rings is 1. The molecule has 4 rings (SSSR count). The summed E-state index contributed by atoms with van der Waals surface area (Å²) < 4.78 is 5.43. The number of benzene rings is 1. The van der Waals surface area contributed by atoms with Crippen molar-refractivity contribution < 1.29 is 9.53 Å². The minimum absolute atomic E-state index is 0.239. The summed E-state index contributed by atoms with van der Waals surface area (Å²) >= 11 is 0. The summed E-state index contributed by atoms with van der Waals surface area (Å²) in [5, 5.41) is 0. The number of carbonyl (C=O) groups is 1. The number of carbonyl (C=O) groups excluding carboxylic acids is 1. The Labute approximate surface area is 141 Å². The number of ether oxygens (including phenoxy) is 1. The van der Waals surface area contributed by atoms with Gasteiger partial charge in [-0.05, 0) is 37.1 Å². The molecule has 0 N–H and O–H groups in total. The highest BCUT2D eigenvalue weighted by Gasteiger charge is 2.46. The third kappa shape index (κ3) is 2.94. The van der Waals surface area contributed by atoms with Crippen molar-refractivity contribution in [1.82, 2.24) is 9.88 Å². The molecule has 0 unspecified atom stereocenters. The standard InChI is InChI=1S/C19H21N3O2/c23-18(24-16-6-2-1-3-7-16)21-12-9-19(10-13-21)14-22(15-19)17-8-4-5-11-20-17/h1-8,11H,9-10,12-15H2. The van der Waals surface area contributed by atoms with E-state index in [9.17, 15) is 4.79 Å². The van der Waals surface area contributed by atoms with E-state index in [2.05, 4.69) is 16.0 Å². The number of anilines is 1. The Morgan fingerprint density at radius 2 is 1.71 bits per heavy atom. The van der Waals surface area contributed by atoms with Crippen molar-refractivity contribution in [3.63, 3.8) is 0 Å². The lowest BCUT2D eigenvalue weighted by Crippen LogP contribution is -2.61. The van der Waals surface area contributed by atoms with Crippen LogP contribution in [0.4, 0.5) is 10.6 Å². The Balaban J connectivity index is 1.29. The van der Waals surface area contributed by atoms with E-state index in [1.165, 1.54) is 0 Å². The summed E-state index contributed by atoms with van der Waals surface area (Å²) in [6.45, 7) is 3.60. The second-order valence-corrected chi connectivity index (χ2v) is 6.71. The van der Waals surface area contributed by atoms with E-state index in [0.717, 1.165) is 44.8 Å². The molecule has 0 saturated carbocycles. The Hall–Kier alpha value is -2.56. The molecule has 3 heterocycles. The van der Waals surface area contributed by atoms with Crippen LogP contribution < -0.4 is 9.64 Å². The van der Waals surface area contributed by atoms with Crippen molar-refractivity contribution >= 4 is 11.9 Å². The van der Waals surface area contributed by atoms with Gasteiger partial charge in [0, 0.05) is 37.8 Å². The molecule has 0 radical (unpaired) electrons. The monoisotopic (exact) mass is 323 g/mol. The third-order valence-corrected chi connectivity index (χ3v) is 5.06. The zero-order valence-electron chi connectivity index (χ0n) is 13.6. The Bertz CT molecular complexity index is 689. The maximum absolute atomic E-state index is 12.3. The van der Waals surface area contributed by atoms with Gasteiger partial charge in [0.25, 0.3) is 0 Å². The van der Waals surface area contributed by atoms with Crippen molar-refractivity contribution in [2.45, 2.75) is 12.8 Å². The molecule has 2 aliphatic rings. The van der Waals surface area contributed by atoms with E-state index >= 15 is 0 Å². The van der Waals surface area contributed by atoms with Crippen molar-refractivity contribution in [1.29, 1.82) is 0 Å². The van der Waals surface area contributed by atoms with E-state index in [0.29, 0.717) is 11.2 Å². The Morgan fingerprint density at radius 1 is 1.00 bits per heavy atom. The minimum atomic E-state index is -0.239. The van der Waals surface area contributed by atoms with Gasteiger partial charge in [-0.3, -0.25) is 0 Å². The van der Waals surface area contributed by atoms with Gasteiger partial charge in [0.2, 0.25) is 0 Å². The van der Waals surface area contributed by atoms with Gasteiger partial charge in [-0.25, -0.2) is 9.78 Å². The first-order valence-corrected chi connectivity index (χ1v) is 8.42. The number of para-hydroxylation sites is 1. The highest BCUT2D eigenvalue weighted by Crippen LogP contribution is 2.42. The molecule has 2 aromatic rings. The number of pyridine rings is 1. The Kier molecular flexibility index (Phi) is 3.84. The van der Waals surface area contributed by atoms with E-state index in [4.69, 9.17) is 4.74 Å². The average Bonchev–Trinajstić information content (AvgIpc) is 2.61. The van der Waals surface area contributed by atoms with Crippen LogP contribution >= 0.6 is 0 Å². The van der Waals surface area contributed by atoms with Gasteiger partial charge in [-0.15, -0.1) is 0 Å². The van der Waals surface area contributed by atoms with Gasteiger partial charge in [-0.1, -0.05) is 24.3 Å². The number of likely N-dealkylation sites (tertiary alicyclic amines) is 1. The number of nitrogens with zero attached hydrogens (tertiary/aromatic N) is 3. The molecule has 1 amide bonds. The molecule has 1 spiro atoms. The van der Waals surface area contributed by atoms with Gasteiger partial charge in [0.15, 0.2) is 0 Å². The number of aromatic nitrogens is 1. The SMILES string of the molecule is O=C(Oc1ccccc1)N1CCC2(CC1)CN(c1ccccn1)C2. The molecular formula is C19H21N3O2. The summed E-state index contributed by atoms with van der Waals surface area (Å²) in [7, 11) is 0. The molecule has 2 aliphatic heterocycles. The normalized spacial score (nSPS) is 19.0. The molecule has 0 bridgehead atoms. The molecule has 1 aromatic carbocycles. The molecule has 5 nitrogen and oxygen atoms in total. The summed E-state index contributed by atoms with van der Waals surface area (Å²) in [6, 6.07) is 15.3. The van der Waals surface area contributed by atoms with Crippen LogP contribution in [-0.4, -0.2) is 42.2 Å². The van der Waals surface area contributed by atoms with Crippen molar-refractivity contribution in [2.24, 2.45) is 5.41 Å². The summed E-state index contributed by atoms with van der Waals surface area (Å²) in [6.07, 6.45) is 3.65. The number of rotatable bonds is 2. The van der Waals surface area contributed by atoms with Crippen LogP contribution in [0, 0.1) is 5.41 Å². The maximum atomic E-state index is 12.3. The average molecular weight is 323 g/mol. The lowest BCUT2D eigenvalue weighted by molar-refractivity contribution is 0.0738. The van der Waals surface area contributed by atoms with Crippen molar-refractivity contribution in [3.05, 3.63) is 54.7 Å². The van der Waals surface area contributed by atoms with E-state index in [1.54, 1.807) is 12.1 Å². The fourth-order valence-electron chi connectivity index (χ4n) is 3.60. The van der Waals surface area contributed by atoms with Crippen LogP contribution in [0.25, 0.3) is 0 Å². The van der Waals surface area contributed by atoms with Crippen LogP contribution in [0.15, 0.2) is 54.7 Å². The molecule has 1 aromatic heterocycles. The van der Waals surface area contributed by atoms with Crippen LogP contribution in [0.3, 0.4) is 0 Å². The summed E-state index contributed by atoms with van der Waals surface area (Å²) in [4.78, 5) is 20.8. The molecule has 2 saturated heterocycles. The smallest absolute Gasteiger partial charge is 0.410 e. The van der Waals surface area contributed by atoms with E-state index < -0.39 is 0 Å². The lowest BCUT2D eigenvalue weighted by atomic mass is 9.72. The summed E-state index contributed by atoms with van der Waals surface area (Å²) in [5.74, 6) is 1.65. The quantitative estimate of drug-likeness (QED) is 0.851. The topological polar surface area (TPSA) is 45.7 Å². The van der Waals surface area contributed by atoms with Crippen LogP contribution in [0.5, 0.6) is 5.75 Å². The Morgan fingerprint density at radius 3 is 2.38 bits per heavy atom.